The molecule has 6 nitrogen and oxygen atoms in total. The molecule has 0 saturated carbocycles. The van der Waals surface area contributed by atoms with Crippen molar-refractivity contribution in [3.8, 4) is 0 Å². The predicted octanol–water partition coefficient (Wildman–Crippen LogP) is 1.76. The highest BCUT2D eigenvalue weighted by Gasteiger charge is 2.24. The number of ether oxygens (including phenoxy) is 1. The summed E-state index contributed by atoms with van der Waals surface area (Å²) in [6.07, 6.45) is 1.71. The molecule has 1 fully saturated rings. The van der Waals surface area contributed by atoms with E-state index < -0.39 is 21.7 Å². The third kappa shape index (κ3) is 4.12. The van der Waals surface area contributed by atoms with Gasteiger partial charge in [0.25, 0.3) is 5.91 Å². The normalized spacial score (nSPS) is 18.1. The standard InChI is InChI=1S/C16H23FN2O4S/c1-3-19(4-2)24(21,22)13-7-8-15(17)14(10-13)16(20)18-11-12-6-5-9-23-12/h7-8,10,12H,3-6,9,11H2,1-2H3,(H,18,20). The largest absolute Gasteiger partial charge is 0.376 e. The molecule has 1 atom stereocenters. The Balaban J connectivity index is 2.19. The molecule has 0 spiro atoms. The van der Waals surface area contributed by atoms with Crippen LogP contribution in [0, 0.1) is 5.82 Å². The van der Waals surface area contributed by atoms with Crippen LogP contribution in [-0.2, 0) is 14.8 Å². The van der Waals surface area contributed by atoms with Crippen LogP contribution in [0.3, 0.4) is 0 Å². The molecule has 1 aliphatic rings. The van der Waals surface area contributed by atoms with Crippen LogP contribution in [0.2, 0.25) is 0 Å². The molecule has 0 radical (unpaired) electrons. The highest BCUT2D eigenvalue weighted by Crippen LogP contribution is 2.19. The third-order valence-corrected chi connectivity index (χ3v) is 6.09. The zero-order valence-electron chi connectivity index (χ0n) is 13.9. The minimum absolute atomic E-state index is 0.0698. The molecular weight excluding hydrogens is 335 g/mol. The lowest BCUT2D eigenvalue weighted by atomic mass is 10.2. The Kier molecular flexibility index (Phi) is 6.31. The number of amides is 1. The van der Waals surface area contributed by atoms with Gasteiger partial charge in [-0.2, -0.15) is 4.31 Å². The van der Waals surface area contributed by atoms with E-state index in [9.17, 15) is 17.6 Å². The Morgan fingerprint density at radius 2 is 2.08 bits per heavy atom. The Labute approximate surface area is 142 Å². The topological polar surface area (TPSA) is 75.7 Å². The molecule has 1 aromatic rings. The molecule has 1 saturated heterocycles. The highest BCUT2D eigenvalue weighted by atomic mass is 32.2. The number of carbonyl (C=O) groups is 1. The van der Waals surface area contributed by atoms with Gasteiger partial charge in [-0.15, -0.1) is 0 Å². The van der Waals surface area contributed by atoms with Gasteiger partial charge in [-0.25, -0.2) is 12.8 Å². The number of halogens is 1. The van der Waals surface area contributed by atoms with Gasteiger partial charge in [0.1, 0.15) is 5.82 Å². The number of sulfonamides is 1. The number of carbonyl (C=O) groups excluding carboxylic acids is 1. The summed E-state index contributed by atoms with van der Waals surface area (Å²) >= 11 is 0. The minimum atomic E-state index is -3.74. The van der Waals surface area contributed by atoms with E-state index in [0.29, 0.717) is 19.7 Å². The fraction of sp³-hybridized carbons (Fsp3) is 0.562. The molecule has 0 aliphatic carbocycles. The summed E-state index contributed by atoms with van der Waals surface area (Å²) in [4.78, 5) is 12.1. The summed E-state index contributed by atoms with van der Waals surface area (Å²) in [5, 5.41) is 2.61. The second-order valence-electron chi connectivity index (χ2n) is 5.58. The SMILES string of the molecule is CCN(CC)S(=O)(=O)c1ccc(F)c(C(=O)NCC2CCCO2)c1. The zero-order valence-corrected chi connectivity index (χ0v) is 14.7. The molecule has 8 heteroatoms. The van der Waals surface area contributed by atoms with Crippen LogP contribution in [0.25, 0.3) is 0 Å². The van der Waals surface area contributed by atoms with Gasteiger partial charge < -0.3 is 10.1 Å². The Morgan fingerprint density at radius 1 is 1.38 bits per heavy atom. The van der Waals surface area contributed by atoms with Gasteiger partial charge in [0.2, 0.25) is 10.0 Å². The van der Waals surface area contributed by atoms with Crippen LogP contribution in [0.4, 0.5) is 4.39 Å². The van der Waals surface area contributed by atoms with Crippen molar-refractivity contribution in [1.82, 2.24) is 9.62 Å². The lowest BCUT2D eigenvalue weighted by molar-refractivity contribution is 0.0854. The smallest absolute Gasteiger partial charge is 0.254 e. The average Bonchev–Trinajstić information content (AvgIpc) is 3.07. The summed E-state index contributed by atoms with van der Waals surface area (Å²) in [5.41, 5.74) is -0.277. The van der Waals surface area contributed by atoms with E-state index in [-0.39, 0.29) is 23.1 Å². The van der Waals surface area contributed by atoms with Gasteiger partial charge in [0.05, 0.1) is 16.6 Å². The van der Waals surface area contributed by atoms with Crippen LogP contribution < -0.4 is 5.32 Å². The Morgan fingerprint density at radius 3 is 2.67 bits per heavy atom. The molecule has 1 amide bonds. The first kappa shape index (κ1) is 18.8. The summed E-state index contributed by atoms with van der Waals surface area (Å²) in [6, 6.07) is 3.28. The number of nitrogens with one attached hydrogen (secondary N) is 1. The van der Waals surface area contributed by atoms with Crippen molar-refractivity contribution >= 4 is 15.9 Å². The van der Waals surface area contributed by atoms with Gasteiger partial charge in [0, 0.05) is 26.2 Å². The molecule has 1 aliphatic heterocycles. The molecule has 24 heavy (non-hydrogen) atoms. The van der Waals surface area contributed by atoms with E-state index >= 15 is 0 Å². The van der Waals surface area contributed by atoms with Crippen LogP contribution in [0.15, 0.2) is 23.1 Å². The molecule has 1 N–H and O–H groups in total. The first-order valence-electron chi connectivity index (χ1n) is 8.09. The quantitative estimate of drug-likeness (QED) is 0.806. The van der Waals surface area contributed by atoms with Gasteiger partial charge in [-0.05, 0) is 31.0 Å². The maximum absolute atomic E-state index is 14.0. The summed E-state index contributed by atoms with van der Waals surface area (Å²) in [7, 11) is -3.74. The van der Waals surface area contributed by atoms with Crippen molar-refractivity contribution in [2.75, 3.05) is 26.2 Å². The van der Waals surface area contributed by atoms with Gasteiger partial charge >= 0.3 is 0 Å². The van der Waals surface area contributed by atoms with Gasteiger partial charge in [-0.1, -0.05) is 13.8 Å². The van der Waals surface area contributed by atoms with Crippen molar-refractivity contribution < 1.29 is 22.3 Å². The van der Waals surface area contributed by atoms with Crippen molar-refractivity contribution in [1.29, 1.82) is 0 Å². The summed E-state index contributed by atoms with van der Waals surface area (Å²) < 4.78 is 45.6. The molecule has 0 bridgehead atoms. The van der Waals surface area contributed by atoms with Crippen LogP contribution in [0.5, 0.6) is 0 Å². The van der Waals surface area contributed by atoms with E-state index in [0.717, 1.165) is 25.0 Å². The monoisotopic (exact) mass is 358 g/mol. The van der Waals surface area contributed by atoms with E-state index in [2.05, 4.69) is 5.32 Å². The van der Waals surface area contributed by atoms with Crippen LogP contribution >= 0.6 is 0 Å². The zero-order chi connectivity index (χ0) is 17.7. The molecule has 1 unspecified atom stereocenters. The van der Waals surface area contributed by atoms with Gasteiger partial charge in [0.15, 0.2) is 0 Å². The van der Waals surface area contributed by atoms with Crippen LogP contribution in [-0.4, -0.2) is 51.0 Å². The van der Waals surface area contributed by atoms with E-state index in [1.807, 2.05) is 0 Å². The number of benzene rings is 1. The molecule has 1 aromatic carbocycles. The number of nitrogens with zero attached hydrogens (tertiary/aromatic N) is 1. The molecule has 1 heterocycles. The second kappa shape index (κ2) is 8.04. The van der Waals surface area contributed by atoms with Crippen molar-refractivity contribution in [3.05, 3.63) is 29.6 Å². The fourth-order valence-electron chi connectivity index (χ4n) is 2.66. The summed E-state index contributed by atoms with van der Waals surface area (Å²) in [6.45, 7) is 4.99. The third-order valence-electron chi connectivity index (χ3n) is 4.04. The van der Waals surface area contributed by atoms with Crippen LogP contribution in [0.1, 0.15) is 37.0 Å². The molecule has 0 aromatic heterocycles. The average molecular weight is 358 g/mol. The highest BCUT2D eigenvalue weighted by molar-refractivity contribution is 7.89. The number of rotatable bonds is 7. The minimum Gasteiger partial charge on any atom is -0.376 e. The second-order valence-corrected chi connectivity index (χ2v) is 7.51. The molecule has 134 valence electrons. The molecular formula is C16H23FN2O4S. The number of hydrogen-bond acceptors (Lipinski definition) is 4. The van der Waals surface area contributed by atoms with Gasteiger partial charge in [-0.3, -0.25) is 4.79 Å². The van der Waals surface area contributed by atoms with E-state index in [4.69, 9.17) is 4.74 Å². The first-order chi connectivity index (χ1) is 11.4. The Hall–Kier alpha value is -1.51. The lowest BCUT2D eigenvalue weighted by Crippen LogP contribution is -2.33. The lowest BCUT2D eigenvalue weighted by Gasteiger charge is -2.19. The Bertz CT molecular complexity index is 683. The fourth-order valence-corrected chi connectivity index (χ4v) is 4.14. The summed E-state index contributed by atoms with van der Waals surface area (Å²) in [5.74, 6) is -1.39. The maximum Gasteiger partial charge on any atom is 0.254 e. The van der Waals surface area contributed by atoms with Crippen molar-refractivity contribution in [2.24, 2.45) is 0 Å². The van der Waals surface area contributed by atoms with E-state index in [1.54, 1.807) is 13.8 Å². The van der Waals surface area contributed by atoms with E-state index in [1.165, 1.54) is 10.4 Å². The maximum atomic E-state index is 14.0. The van der Waals surface area contributed by atoms with Crippen molar-refractivity contribution in [2.45, 2.75) is 37.7 Å². The number of hydrogen-bond donors (Lipinski definition) is 1. The molecule has 2 rings (SSSR count). The first-order valence-corrected chi connectivity index (χ1v) is 9.53. The van der Waals surface area contributed by atoms with Crippen molar-refractivity contribution in [3.63, 3.8) is 0 Å². The predicted molar refractivity (Wildman–Crippen MR) is 87.8 cm³/mol.